The minimum absolute atomic E-state index is 0.0553. The van der Waals surface area contributed by atoms with E-state index in [-0.39, 0.29) is 21.8 Å². The molecule has 0 unspecified atom stereocenters. The van der Waals surface area contributed by atoms with Crippen LogP contribution in [0.4, 0.5) is 0 Å². The monoisotopic (exact) mass is 491 g/mol. The Balaban J connectivity index is 1.73. The van der Waals surface area contributed by atoms with E-state index in [4.69, 9.17) is 14.2 Å². The van der Waals surface area contributed by atoms with Crippen LogP contribution in [-0.4, -0.2) is 58.5 Å². The summed E-state index contributed by atoms with van der Waals surface area (Å²) in [7, 11) is -0.982. The summed E-state index contributed by atoms with van der Waals surface area (Å²) in [5.41, 5.74) is 4.94. The second kappa shape index (κ2) is 11.2. The van der Waals surface area contributed by atoms with Gasteiger partial charge in [0.2, 0.25) is 10.0 Å². The Bertz CT molecular complexity index is 1150. The molecule has 3 rings (SSSR count). The van der Waals surface area contributed by atoms with Crippen molar-refractivity contribution in [3.05, 3.63) is 47.5 Å². The molecule has 11 heteroatoms. The summed E-state index contributed by atoms with van der Waals surface area (Å²) in [4.78, 5) is 25.1. The summed E-state index contributed by atoms with van der Waals surface area (Å²) in [5.74, 6) is -0.213. The zero-order chi connectivity index (χ0) is 24.7. The molecule has 2 amide bonds. The van der Waals surface area contributed by atoms with Crippen molar-refractivity contribution in [1.82, 2.24) is 15.2 Å². The molecule has 1 saturated heterocycles. The van der Waals surface area contributed by atoms with Crippen molar-refractivity contribution < 1.29 is 32.2 Å². The van der Waals surface area contributed by atoms with Gasteiger partial charge in [-0.1, -0.05) is 6.92 Å². The molecule has 0 atom stereocenters. The van der Waals surface area contributed by atoms with Gasteiger partial charge in [0.05, 0.1) is 20.8 Å². The van der Waals surface area contributed by atoms with E-state index in [0.717, 1.165) is 19.3 Å². The maximum absolute atomic E-state index is 13.0. The predicted octanol–water partition coefficient (Wildman–Crippen LogP) is 2.35. The van der Waals surface area contributed by atoms with Gasteiger partial charge in [-0.3, -0.25) is 20.4 Å². The normalized spacial score (nSPS) is 13.9. The van der Waals surface area contributed by atoms with Crippen molar-refractivity contribution in [2.75, 3.05) is 33.9 Å². The van der Waals surface area contributed by atoms with E-state index in [1.54, 1.807) is 12.1 Å². The summed E-state index contributed by atoms with van der Waals surface area (Å²) < 4.78 is 43.5. The summed E-state index contributed by atoms with van der Waals surface area (Å²) in [6, 6.07) is 8.75. The molecule has 1 heterocycles. The lowest BCUT2D eigenvalue weighted by Gasteiger charge is -2.18. The minimum atomic E-state index is -3.82. The number of sulfonamides is 1. The highest BCUT2D eigenvalue weighted by Crippen LogP contribution is 2.30. The molecule has 1 fully saturated rings. The van der Waals surface area contributed by atoms with Gasteiger partial charge in [-0.25, -0.2) is 8.42 Å². The number of nitrogens with one attached hydrogen (secondary N) is 2. The number of hydrogen-bond donors (Lipinski definition) is 2. The van der Waals surface area contributed by atoms with Crippen LogP contribution in [0, 0.1) is 0 Å². The predicted molar refractivity (Wildman–Crippen MR) is 125 cm³/mol. The van der Waals surface area contributed by atoms with Gasteiger partial charge >= 0.3 is 0 Å². The van der Waals surface area contributed by atoms with E-state index < -0.39 is 21.8 Å². The molecule has 1 aliphatic heterocycles. The van der Waals surface area contributed by atoms with E-state index in [1.807, 2.05) is 6.92 Å². The first-order chi connectivity index (χ1) is 16.3. The standard InChI is InChI=1S/C23H29N3O7S/c1-4-13-33-18-9-7-16(14-20(18)32-3)22(27)24-25-23(28)17-8-10-19(31-2)21(15-17)34(29,30)26-11-5-6-12-26/h7-10,14-15H,4-6,11-13H2,1-3H3,(H,24,27)(H,25,28). The zero-order valence-corrected chi connectivity index (χ0v) is 20.2. The second-order valence-electron chi connectivity index (χ2n) is 7.60. The molecule has 0 aromatic heterocycles. The second-order valence-corrected chi connectivity index (χ2v) is 9.51. The molecule has 10 nitrogen and oxygen atoms in total. The van der Waals surface area contributed by atoms with Crippen LogP contribution in [0.2, 0.25) is 0 Å². The average Bonchev–Trinajstić information content (AvgIpc) is 3.41. The summed E-state index contributed by atoms with van der Waals surface area (Å²) >= 11 is 0. The molecular weight excluding hydrogens is 462 g/mol. The van der Waals surface area contributed by atoms with Gasteiger partial charge in [0, 0.05) is 24.2 Å². The summed E-state index contributed by atoms with van der Waals surface area (Å²) in [6.45, 7) is 3.33. The molecular formula is C23H29N3O7S. The summed E-state index contributed by atoms with van der Waals surface area (Å²) in [5, 5.41) is 0. The van der Waals surface area contributed by atoms with Crippen molar-refractivity contribution >= 4 is 21.8 Å². The van der Waals surface area contributed by atoms with E-state index in [0.29, 0.717) is 31.2 Å². The van der Waals surface area contributed by atoms with Crippen molar-refractivity contribution in [2.45, 2.75) is 31.1 Å². The molecule has 0 spiro atoms. The van der Waals surface area contributed by atoms with E-state index in [9.17, 15) is 18.0 Å². The number of nitrogens with zero attached hydrogens (tertiary/aromatic N) is 1. The Kier molecular flexibility index (Phi) is 8.35. The van der Waals surface area contributed by atoms with Gasteiger partial charge < -0.3 is 14.2 Å². The lowest BCUT2D eigenvalue weighted by atomic mass is 10.2. The number of carbonyl (C=O) groups is 2. The van der Waals surface area contributed by atoms with Crippen LogP contribution in [0.3, 0.4) is 0 Å². The van der Waals surface area contributed by atoms with Crippen molar-refractivity contribution in [3.8, 4) is 17.2 Å². The number of benzene rings is 2. The molecule has 2 N–H and O–H groups in total. The fourth-order valence-electron chi connectivity index (χ4n) is 3.49. The SMILES string of the molecule is CCCOc1ccc(C(=O)NNC(=O)c2ccc(OC)c(S(=O)(=O)N3CCCC3)c2)cc1OC. The molecule has 1 aliphatic rings. The maximum Gasteiger partial charge on any atom is 0.269 e. The first-order valence-corrected chi connectivity index (χ1v) is 12.4. The Hall–Kier alpha value is -3.31. The van der Waals surface area contributed by atoms with Crippen LogP contribution >= 0.6 is 0 Å². The molecule has 0 saturated carbocycles. The van der Waals surface area contributed by atoms with Crippen LogP contribution in [0.5, 0.6) is 17.2 Å². The lowest BCUT2D eigenvalue weighted by molar-refractivity contribution is 0.0846. The van der Waals surface area contributed by atoms with Gasteiger partial charge in [0.15, 0.2) is 11.5 Å². The minimum Gasteiger partial charge on any atom is -0.495 e. The lowest BCUT2D eigenvalue weighted by Crippen LogP contribution is -2.41. The third kappa shape index (κ3) is 5.60. The topological polar surface area (TPSA) is 123 Å². The number of hydrazine groups is 1. The molecule has 2 aromatic rings. The first-order valence-electron chi connectivity index (χ1n) is 10.9. The van der Waals surface area contributed by atoms with Crippen molar-refractivity contribution in [1.29, 1.82) is 0 Å². The fraction of sp³-hybridized carbons (Fsp3) is 0.391. The molecule has 2 aromatic carbocycles. The van der Waals surface area contributed by atoms with Gasteiger partial charge in [0.1, 0.15) is 10.6 Å². The number of amides is 2. The van der Waals surface area contributed by atoms with Crippen LogP contribution in [0.1, 0.15) is 46.9 Å². The number of ether oxygens (including phenoxy) is 3. The number of rotatable bonds is 9. The van der Waals surface area contributed by atoms with Gasteiger partial charge in [0.25, 0.3) is 11.8 Å². The highest BCUT2D eigenvalue weighted by molar-refractivity contribution is 7.89. The molecule has 184 valence electrons. The van der Waals surface area contributed by atoms with Crippen LogP contribution in [0.15, 0.2) is 41.3 Å². The van der Waals surface area contributed by atoms with Crippen LogP contribution in [0.25, 0.3) is 0 Å². The molecule has 0 bridgehead atoms. The number of carbonyl (C=O) groups excluding carboxylic acids is 2. The van der Waals surface area contributed by atoms with E-state index in [2.05, 4.69) is 10.9 Å². The van der Waals surface area contributed by atoms with Crippen LogP contribution < -0.4 is 25.1 Å². The number of methoxy groups -OCH3 is 2. The Morgan fingerprint density at radius 3 is 2.00 bits per heavy atom. The summed E-state index contributed by atoms with van der Waals surface area (Å²) in [6.07, 6.45) is 2.39. The zero-order valence-electron chi connectivity index (χ0n) is 19.4. The third-order valence-corrected chi connectivity index (χ3v) is 7.21. The van der Waals surface area contributed by atoms with Crippen molar-refractivity contribution in [3.63, 3.8) is 0 Å². The smallest absolute Gasteiger partial charge is 0.269 e. The highest BCUT2D eigenvalue weighted by atomic mass is 32.2. The number of hydrogen-bond acceptors (Lipinski definition) is 7. The van der Waals surface area contributed by atoms with E-state index in [1.165, 1.54) is 42.8 Å². The third-order valence-electron chi connectivity index (χ3n) is 5.29. The largest absolute Gasteiger partial charge is 0.495 e. The maximum atomic E-state index is 13.0. The van der Waals surface area contributed by atoms with Gasteiger partial charge in [-0.2, -0.15) is 4.31 Å². The van der Waals surface area contributed by atoms with Gasteiger partial charge in [-0.15, -0.1) is 0 Å². The quantitative estimate of drug-likeness (QED) is 0.516. The fourth-order valence-corrected chi connectivity index (χ4v) is 5.18. The van der Waals surface area contributed by atoms with E-state index >= 15 is 0 Å². The van der Waals surface area contributed by atoms with Gasteiger partial charge in [-0.05, 0) is 55.7 Å². The Labute approximate surface area is 199 Å². The first kappa shape index (κ1) is 25.3. The molecule has 34 heavy (non-hydrogen) atoms. The molecule has 0 radical (unpaired) electrons. The van der Waals surface area contributed by atoms with Crippen molar-refractivity contribution in [2.24, 2.45) is 0 Å². The average molecular weight is 492 g/mol. The Morgan fingerprint density at radius 1 is 0.882 bits per heavy atom. The Morgan fingerprint density at radius 2 is 1.44 bits per heavy atom. The van der Waals surface area contributed by atoms with Crippen LogP contribution in [-0.2, 0) is 10.0 Å². The molecule has 0 aliphatic carbocycles. The highest BCUT2D eigenvalue weighted by Gasteiger charge is 2.30.